The Balaban J connectivity index is 2.20. The van der Waals surface area contributed by atoms with Crippen molar-refractivity contribution in [3.05, 3.63) is 39.9 Å². The predicted molar refractivity (Wildman–Crippen MR) is 84.7 cm³/mol. The SMILES string of the molecule is CNC/C(=C/c1ccc(C)c(Cl)c1)C1CCCCC1. The van der Waals surface area contributed by atoms with Crippen LogP contribution in [0.2, 0.25) is 5.02 Å². The molecule has 1 aromatic carbocycles. The van der Waals surface area contributed by atoms with Gasteiger partial charge in [0.05, 0.1) is 0 Å². The summed E-state index contributed by atoms with van der Waals surface area (Å²) in [4.78, 5) is 0. The lowest BCUT2D eigenvalue weighted by atomic mass is 9.83. The first kappa shape index (κ1) is 14.6. The van der Waals surface area contributed by atoms with Crippen LogP contribution in [0.15, 0.2) is 23.8 Å². The van der Waals surface area contributed by atoms with Crippen molar-refractivity contribution in [3.8, 4) is 0 Å². The van der Waals surface area contributed by atoms with Crippen LogP contribution in [0.1, 0.15) is 43.2 Å². The molecule has 1 saturated carbocycles. The molecule has 104 valence electrons. The molecular formula is C17H24ClN. The highest BCUT2D eigenvalue weighted by Crippen LogP contribution is 2.31. The Morgan fingerprint density at radius 2 is 2.05 bits per heavy atom. The Bertz CT molecular complexity index is 445. The third kappa shape index (κ3) is 4.09. The van der Waals surface area contributed by atoms with Crippen LogP contribution in [0.3, 0.4) is 0 Å². The van der Waals surface area contributed by atoms with Crippen molar-refractivity contribution in [1.29, 1.82) is 0 Å². The van der Waals surface area contributed by atoms with Crippen LogP contribution in [0.5, 0.6) is 0 Å². The van der Waals surface area contributed by atoms with Crippen LogP contribution in [0, 0.1) is 12.8 Å². The molecule has 2 heteroatoms. The average Bonchev–Trinajstić information content (AvgIpc) is 2.43. The van der Waals surface area contributed by atoms with Crippen molar-refractivity contribution < 1.29 is 0 Å². The normalized spacial score (nSPS) is 17.7. The molecule has 0 heterocycles. The van der Waals surface area contributed by atoms with Crippen LogP contribution in [0.4, 0.5) is 0 Å². The molecule has 1 nitrogen and oxygen atoms in total. The van der Waals surface area contributed by atoms with Crippen molar-refractivity contribution in [3.63, 3.8) is 0 Å². The van der Waals surface area contributed by atoms with Gasteiger partial charge in [-0.1, -0.05) is 54.6 Å². The zero-order valence-electron chi connectivity index (χ0n) is 12.0. The van der Waals surface area contributed by atoms with E-state index in [-0.39, 0.29) is 0 Å². The van der Waals surface area contributed by atoms with Gasteiger partial charge in [-0.05, 0) is 49.9 Å². The molecule has 0 amide bonds. The number of aryl methyl sites for hydroxylation is 1. The van der Waals surface area contributed by atoms with Crippen LogP contribution in [-0.4, -0.2) is 13.6 Å². The maximum Gasteiger partial charge on any atom is 0.0441 e. The van der Waals surface area contributed by atoms with Gasteiger partial charge < -0.3 is 5.32 Å². The second-order valence-corrected chi connectivity index (χ2v) is 6.00. The summed E-state index contributed by atoms with van der Waals surface area (Å²) in [5, 5.41) is 4.17. The van der Waals surface area contributed by atoms with Gasteiger partial charge in [-0.25, -0.2) is 0 Å². The summed E-state index contributed by atoms with van der Waals surface area (Å²) in [5.74, 6) is 0.751. The highest BCUT2D eigenvalue weighted by atomic mass is 35.5. The Hall–Kier alpha value is -0.790. The van der Waals surface area contributed by atoms with E-state index in [0.717, 1.165) is 23.0 Å². The number of nitrogens with one attached hydrogen (secondary N) is 1. The van der Waals surface area contributed by atoms with Crippen LogP contribution < -0.4 is 5.32 Å². The second-order valence-electron chi connectivity index (χ2n) is 5.59. The summed E-state index contributed by atoms with van der Waals surface area (Å²) in [7, 11) is 2.03. The van der Waals surface area contributed by atoms with Crippen molar-refractivity contribution in [1.82, 2.24) is 5.32 Å². The van der Waals surface area contributed by atoms with Crippen molar-refractivity contribution in [2.24, 2.45) is 5.92 Å². The largest absolute Gasteiger partial charge is 0.316 e. The highest BCUT2D eigenvalue weighted by Gasteiger charge is 2.17. The van der Waals surface area contributed by atoms with E-state index >= 15 is 0 Å². The molecule has 1 aliphatic rings. The number of hydrogen-bond donors (Lipinski definition) is 1. The molecule has 0 spiro atoms. The van der Waals surface area contributed by atoms with Crippen molar-refractivity contribution in [2.45, 2.75) is 39.0 Å². The van der Waals surface area contributed by atoms with Gasteiger partial charge in [-0.3, -0.25) is 0 Å². The average molecular weight is 278 g/mol. The molecule has 0 radical (unpaired) electrons. The monoisotopic (exact) mass is 277 g/mol. The van der Waals surface area contributed by atoms with Crippen molar-refractivity contribution >= 4 is 17.7 Å². The summed E-state index contributed by atoms with van der Waals surface area (Å²) in [6, 6.07) is 6.35. The second kappa shape index (κ2) is 7.12. The van der Waals surface area contributed by atoms with E-state index < -0.39 is 0 Å². The summed E-state index contributed by atoms with van der Waals surface area (Å²) in [6.45, 7) is 3.03. The van der Waals surface area contributed by atoms with Crippen molar-refractivity contribution in [2.75, 3.05) is 13.6 Å². The minimum absolute atomic E-state index is 0.751. The molecular weight excluding hydrogens is 254 g/mol. The van der Waals surface area contributed by atoms with E-state index in [1.165, 1.54) is 43.2 Å². The highest BCUT2D eigenvalue weighted by molar-refractivity contribution is 6.31. The lowest BCUT2D eigenvalue weighted by Crippen LogP contribution is -2.19. The van der Waals surface area contributed by atoms with Gasteiger partial charge in [0.1, 0.15) is 0 Å². The predicted octanol–water partition coefficient (Wildman–Crippen LogP) is 4.83. The fourth-order valence-electron chi connectivity index (χ4n) is 2.90. The molecule has 19 heavy (non-hydrogen) atoms. The van der Waals surface area contributed by atoms with E-state index in [1.54, 1.807) is 0 Å². The molecule has 0 aliphatic heterocycles. The molecule has 0 aromatic heterocycles. The summed E-state index contributed by atoms with van der Waals surface area (Å²) >= 11 is 6.22. The molecule has 2 rings (SSSR count). The number of likely N-dealkylation sites (N-methyl/N-ethyl adjacent to an activating group) is 1. The number of benzene rings is 1. The summed E-state index contributed by atoms with van der Waals surface area (Å²) in [6.07, 6.45) is 9.17. The smallest absolute Gasteiger partial charge is 0.0441 e. The topological polar surface area (TPSA) is 12.0 Å². The number of halogens is 1. The summed E-state index contributed by atoms with van der Waals surface area (Å²) in [5.41, 5.74) is 3.90. The first-order valence-corrected chi connectivity index (χ1v) is 7.69. The first-order valence-electron chi connectivity index (χ1n) is 7.32. The minimum atomic E-state index is 0.751. The van der Waals surface area contributed by atoms with E-state index in [0.29, 0.717) is 0 Å². The quantitative estimate of drug-likeness (QED) is 0.831. The van der Waals surface area contributed by atoms with E-state index in [1.807, 2.05) is 14.0 Å². The van der Waals surface area contributed by atoms with Crippen LogP contribution in [0.25, 0.3) is 6.08 Å². The maximum absolute atomic E-state index is 6.22. The Labute approximate surface area is 122 Å². The molecule has 0 atom stereocenters. The molecule has 1 N–H and O–H groups in total. The van der Waals surface area contributed by atoms with Gasteiger partial charge in [0.2, 0.25) is 0 Å². The Morgan fingerprint density at radius 3 is 2.68 bits per heavy atom. The van der Waals surface area contributed by atoms with Gasteiger partial charge in [-0.2, -0.15) is 0 Å². The van der Waals surface area contributed by atoms with Gasteiger partial charge in [0, 0.05) is 11.6 Å². The molecule has 0 bridgehead atoms. The van der Waals surface area contributed by atoms with Crippen LogP contribution in [-0.2, 0) is 0 Å². The standard InChI is InChI=1S/C17H24ClN/c1-13-8-9-14(11-17(13)18)10-16(12-19-2)15-6-4-3-5-7-15/h8-11,15,19H,3-7,12H2,1-2H3/b16-10-. The molecule has 0 unspecified atom stereocenters. The lowest BCUT2D eigenvalue weighted by Gasteiger charge is -2.24. The maximum atomic E-state index is 6.22. The molecule has 1 fully saturated rings. The number of hydrogen-bond acceptors (Lipinski definition) is 1. The van der Waals surface area contributed by atoms with E-state index in [4.69, 9.17) is 11.6 Å². The van der Waals surface area contributed by atoms with E-state index in [2.05, 4.69) is 29.6 Å². The zero-order valence-corrected chi connectivity index (χ0v) is 12.8. The third-order valence-corrected chi connectivity index (χ3v) is 4.47. The Kier molecular flexibility index (Phi) is 5.47. The van der Waals surface area contributed by atoms with Gasteiger partial charge in [0.25, 0.3) is 0 Å². The van der Waals surface area contributed by atoms with Crippen LogP contribution >= 0.6 is 11.6 Å². The first-order chi connectivity index (χ1) is 9.20. The van der Waals surface area contributed by atoms with Gasteiger partial charge in [0.15, 0.2) is 0 Å². The third-order valence-electron chi connectivity index (χ3n) is 4.06. The summed E-state index contributed by atoms with van der Waals surface area (Å²) < 4.78 is 0. The lowest BCUT2D eigenvalue weighted by molar-refractivity contribution is 0.398. The molecule has 0 saturated heterocycles. The Morgan fingerprint density at radius 1 is 1.32 bits per heavy atom. The molecule has 1 aromatic rings. The van der Waals surface area contributed by atoms with Gasteiger partial charge >= 0.3 is 0 Å². The fraction of sp³-hybridized carbons (Fsp3) is 0.529. The van der Waals surface area contributed by atoms with E-state index in [9.17, 15) is 0 Å². The minimum Gasteiger partial charge on any atom is -0.316 e. The zero-order chi connectivity index (χ0) is 13.7. The molecule has 1 aliphatic carbocycles. The van der Waals surface area contributed by atoms with Gasteiger partial charge in [-0.15, -0.1) is 0 Å². The fourth-order valence-corrected chi connectivity index (χ4v) is 3.09. The number of rotatable bonds is 4.